The Morgan fingerprint density at radius 2 is 1.50 bits per heavy atom. The maximum Gasteiger partial charge on any atom is 0.223 e. The van der Waals surface area contributed by atoms with Crippen LogP contribution in [0, 0.1) is 26.0 Å². The molecule has 0 aliphatic rings. The monoisotopic (exact) mass is 213 g/mol. The number of hydrogen-bond donors (Lipinski definition) is 0. The van der Waals surface area contributed by atoms with Crippen molar-refractivity contribution in [2.24, 2.45) is 0 Å². The standard InChI is InChI=1S/C14H15NO/c1-10-4-7-13(8-5-10)14-9-6-11(2)12(3)15(14)16/h4-9H,1-3H3. The summed E-state index contributed by atoms with van der Waals surface area (Å²) in [4.78, 5) is 0. The zero-order valence-electron chi connectivity index (χ0n) is 9.82. The second kappa shape index (κ2) is 3.97. The molecule has 0 saturated heterocycles. The van der Waals surface area contributed by atoms with Crippen molar-refractivity contribution in [3.8, 4) is 11.3 Å². The van der Waals surface area contributed by atoms with Crippen molar-refractivity contribution in [3.63, 3.8) is 0 Å². The van der Waals surface area contributed by atoms with E-state index in [0.29, 0.717) is 5.69 Å². The Morgan fingerprint density at radius 3 is 2.12 bits per heavy atom. The quantitative estimate of drug-likeness (QED) is 0.528. The minimum Gasteiger partial charge on any atom is -0.618 e. The van der Waals surface area contributed by atoms with E-state index in [9.17, 15) is 5.21 Å². The molecule has 1 aromatic heterocycles. The summed E-state index contributed by atoms with van der Waals surface area (Å²) in [6, 6.07) is 11.9. The van der Waals surface area contributed by atoms with E-state index in [1.165, 1.54) is 5.56 Å². The first-order valence-electron chi connectivity index (χ1n) is 5.36. The summed E-state index contributed by atoms with van der Waals surface area (Å²) in [7, 11) is 0. The SMILES string of the molecule is Cc1ccc(-c2ccc(C)c(C)[n+]2[O-])cc1. The number of aryl methyl sites for hydroxylation is 2. The van der Waals surface area contributed by atoms with Crippen LogP contribution in [0.2, 0.25) is 0 Å². The first-order valence-corrected chi connectivity index (χ1v) is 5.36. The summed E-state index contributed by atoms with van der Waals surface area (Å²) < 4.78 is 1.00. The van der Waals surface area contributed by atoms with Gasteiger partial charge in [0.25, 0.3) is 0 Å². The van der Waals surface area contributed by atoms with Gasteiger partial charge < -0.3 is 5.21 Å². The van der Waals surface area contributed by atoms with Gasteiger partial charge in [-0.3, -0.25) is 0 Å². The van der Waals surface area contributed by atoms with Gasteiger partial charge in [0.05, 0.1) is 0 Å². The molecule has 0 aliphatic carbocycles. The molecule has 2 aromatic rings. The molecule has 82 valence electrons. The highest BCUT2D eigenvalue weighted by molar-refractivity contribution is 5.56. The summed E-state index contributed by atoms with van der Waals surface area (Å²) in [6.45, 7) is 5.83. The van der Waals surface area contributed by atoms with E-state index in [2.05, 4.69) is 0 Å². The molecule has 0 fully saturated rings. The van der Waals surface area contributed by atoms with E-state index < -0.39 is 0 Å². The topological polar surface area (TPSA) is 26.9 Å². The fourth-order valence-electron chi connectivity index (χ4n) is 1.67. The van der Waals surface area contributed by atoms with Crippen molar-refractivity contribution >= 4 is 0 Å². The van der Waals surface area contributed by atoms with Crippen molar-refractivity contribution < 1.29 is 4.73 Å². The Kier molecular flexibility index (Phi) is 2.65. The number of benzene rings is 1. The Hall–Kier alpha value is -1.83. The van der Waals surface area contributed by atoms with Crippen molar-refractivity contribution in [3.05, 3.63) is 58.4 Å². The Bertz CT molecular complexity index is 515. The normalized spacial score (nSPS) is 10.4. The molecule has 0 unspecified atom stereocenters. The Labute approximate surface area is 95.8 Å². The smallest absolute Gasteiger partial charge is 0.223 e. The summed E-state index contributed by atoms with van der Waals surface area (Å²) in [6.07, 6.45) is 0. The van der Waals surface area contributed by atoms with E-state index in [4.69, 9.17) is 0 Å². The molecule has 2 nitrogen and oxygen atoms in total. The predicted molar refractivity (Wildman–Crippen MR) is 65.0 cm³/mol. The van der Waals surface area contributed by atoms with Crippen molar-refractivity contribution in [2.45, 2.75) is 20.8 Å². The lowest BCUT2D eigenvalue weighted by atomic mass is 10.1. The predicted octanol–water partition coefficient (Wildman–Crippen LogP) is 2.91. The van der Waals surface area contributed by atoms with E-state index in [-0.39, 0.29) is 0 Å². The van der Waals surface area contributed by atoms with Crippen LogP contribution >= 0.6 is 0 Å². The molecule has 0 spiro atoms. The molecule has 0 aliphatic heterocycles. The summed E-state index contributed by atoms with van der Waals surface area (Å²) in [5.74, 6) is 0. The largest absolute Gasteiger partial charge is 0.618 e. The third-order valence-corrected chi connectivity index (χ3v) is 2.93. The summed E-state index contributed by atoms with van der Waals surface area (Å²) in [5, 5.41) is 12.0. The van der Waals surface area contributed by atoms with Gasteiger partial charge in [0.2, 0.25) is 5.69 Å². The second-order valence-electron chi connectivity index (χ2n) is 4.15. The van der Waals surface area contributed by atoms with E-state index in [0.717, 1.165) is 21.6 Å². The van der Waals surface area contributed by atoms with Crippen LogP contribution in [-0.4, -0.2) is 0 Å². The number of aromatic nitrogens is 1. The maximum atomic E-state index is 12.0. The van der Waals surface area contributed by atoms with Gasteiger partial charge in [-0.2, -0.15) is 4.73 Å². The molecule has 1 aromatic carbocycles. The zero-order valence-corrected chi connectivity index (χ0v) is 9.82. The second-order valence-corrected chi connectivity index (χ2v) is 4.15. The molecule has 0 atom stereocenters. The number of nitrogens with zero attached hydrogens (tertiary/aromatic N) is 1. The highest BCUT2D eigenvalue weighted by Crippen LogP contribution is 2.17. The maximum absolute atomic E-state index is 12.0. The van der Waals surface area contributed by atoms with Crippen molar-refractivity contribution in [1.29, 1.82) is 0 Å². The minimum absolute atomic E-state index is 0.711. The molecular weight excluding hydrogens is 198 g/mol. The molecule has 0 amide bonds. The third kappa shape index (κ3) is 1.78. The molecule has 2 rings (SSSR count). The molecule has 0 N–H and O–H groups in total. The van der Waals surface area contributed by atoms with E-state index >= 15 is 0 Å². The Balaban J connectivity index is 2.57. The fraction of sp³-hybridized carbons (Fsp3) is 0.214. The van der Waals surface area contributed by atoms with Crippen LogP contribution in [0.4, 0.5) is 0 Å². The summed E-state index contributed by atoms with van der Waals surface area (Å²) >= 11 is 0. The number of pyridine rings is 1. The molecule has 0 saturated carbocycles. The molecule has 0 bridgehead atoms. The molecule has 0 radical (unpaired) electrons. The lowest BCUT2D eigenvalue weighted by molar-refractivity contribution is -0.601. The van der Waals surface area contributed by atoms with Gasteiger partial charge in [-0.05, 0) is 32.0 Å². The third-order valence-electron chi connectivity index (χ3n) is 2.93. The van der Waals surface area contributed by atoms with E-state index in [1.54, 1.807) is 0 Å². The minimum atomic E-state index is 0.711. The van der Waals surface area contributed by atoms with Gasteiger partial charge >= 0.3 is 0 Å². The van der Waals surface area contributed by atoms with Gasteiger partial charge in [-0.25, -0.2) is 0 Å². The van der Waals surface area contributed by atoms with Crippen LogP contribution in [0.15, 0.2) is 36.4 Å². The van der Waals surface area contributed by atoms with Crippen molar-refractivity contribution in [1.82, 2.24) is 0 Å². The average molecular weight is 213 g/mol. The highest BCUT2D eigenvalue weighted by Gasteiger charge is 2.12. The van der Waals surface area contributed by atoms with E-state index in [1.807, 2.05) is 57.2 Å². The lowest BCUT2D eigenvalue weighted by Crippen LogP contribution is -2.33. The van der Waals surface area contributed by atoms with Crippen LogP contribution < -0.4 is 4.73 Å². The lowest BCUT2D eigenvalue weighted by Gasteiger charge is -2.09. The molecule has 2 heteroatoms. The molecular formula is C14H15NO. The number of hydrogen-bond acceptors (Lipinski definition) is 1. The van der Waals surface area contributed by atoms with Gasteiger partial charge in [0.1, 0.15) is 0 Å². The van der Waals surface area contributed by atoms with Crippen molar-refractivity contribution in [2.75, 3.05) is 0 Å². The highest BCUT2D eigenvalue weighted by atomic mass is 16.5. The van der Waals surface area contributed by atoms with Gasteiger partial charge in [0, 0.05) is 24.1 Å². The Morgan fingerprint density at radius 1 is 0.875 bits per heavy atom. The zero-order chi connectivity index (χ0) is 11.7. The number of rotatable bonds is 1. The van der Waals surface area contributed by atoms with Gasteiger partial charge in [-0.1, -0.05) is 17.7 Å². The van der Waals surface area contributed by atoms with Crippen LogP contribution in [0.25, 0.3) is 11.3 Å². The van der Waals surface area contributed by atoms with Gasteiger partial charge in [0.15, 0.2) is 5.69 Å². The molecule has 16 heavy (non-hydrogen) atoms. The molecule has 1 heterocycles. The summed E-state index contributed by atoms with van der Waals surface area (Å²) in [5.41, 5.74) is 4.65. The first-order chi connectivity index (χ1) is 7.59. The average Bonchev–Trinajstić information content (AvgIpc) is 2.28. The van der Waals surface area contributed by atoms with Crippen LogP contribution in [-0.2, 0) is 0 Å². The van der Waals surface area contributed by atoms with Crippen LogP contribution in [0.5, 0.6) is 0 Å². The van der Waals surface area contributed by atoms with Crippen LogP contribution in [0.1, 0.15) is 16.8 Å². The fourth-order valence-corrected chi connectivity index (χ4v) is 1.67. The van der Waals surface area contributed by atoms with Gasteiger partial charge in [-0.15, -0.1) is 0 Å². The first kappa shape index (κ1) is 10.7. The van der Waals surface area contributed by atoms with Crippen LogP contribution in [0.3, 0.4) is 0 Å².